The molecule has 3 aliphatic heterocycles. The molecule has 212 valence electrons. The molecule has 3 aromatic rings. The van der Waals surface area contributed by atoms with Crippen molar-refractivity contribution in [1.82, 2.24) is 4.90 Å². The Kier molecular flexibility index (Phi) is 6.79. The van der Waals surface area contributed by atoms with Crippen molar-refractivity contribution in [2.75, 3.05) is 24.4 Å². The van der Waals surface area contributed by atoms with E-state index in [0.717, 1.165) is 0 Å². The molecule has 3 aliphatic rings. The van der Waals surface area contributed by atoms with Gasteiger partial charge in [-0.15, -0.1) is 0 Å². The number of methoxy groups -OCH3 is 1. The number of aliphatic hydroxyl groups excluding tert-OH is 1. The van der Waals surface area contributed by atoms with Crippen LogP contribution in [0.15, 0.2) is 84.9 Å². The van der Waals surface area contributed by atoms with Gasteiger partial charge in [0, 0.05) is 11.4 Å². The number of likely N-dealkylation sites (tertiary alicyclic amines) is 1. The van der Waals surface area contributed by atoms with Crippen LogP contribution in [0.2, 0.25) is 0 Å². The Morgan fingerprint density at radius 2 is 1.56 bits per heavy atom. The van der Waals surface area contributed by atoms with E-state index in [1.807, 2.05) is 55.5 Å². The van der Waals surface area contributed by atoms with Gasteiger partial charge in [-0.2, -0.15) is 0 Å². The second-order valence-electron chi connectivity index (χ2n) is 11.2. The van der Waals surface area contributed by atoms with Crippen LogP contribution in [-0.4, -0.2) is 58.7 Å². The minimum absolute atomic E-state index is 0.324. The molecule has 9 heteroatoms. The molecule has 9 nitrogen and oxygen atoms in total. The number of amides is 3. The number of hydrogen-bond donors (Lipinski definition) is 3. The summed E-state index contributed by atoms with van der Waals surface area (Å²) in [5.74, 6) is -2.21. The Morgan fingerprint density at radius 1 is 0.951 bits per heavy atom. The lowest BCUT2D eigenvalue weighted by atomic mass is 9.66. The standard InChI is InChI=1S/C32H33N3O6/c1-31-17-18-32(41-31)26(25(31)28(37)33-21-11-7-4-8-12-21)30(39)35(24(19-36)20-9-5-3-6-10-20)27(32)29(38)34-22-13-15-23(40-2)16-14-22/h3-16,24-27,36H,17-19H2,1-2H3,(H,33,37)(H,34,38)/t24-,25-,26+,27?,31+,32?/m1/s1. The van der Waals surface area contributed by atoms with E-state index in [1.54, 1.807) is 43.5 Å². The largest absolute Gasteiger partial charge is 0.497 e. The van der Waals surface area contributed by atoms with Crippen LogP contribution in [0.5, 0.6) is 5.75 Å². The van der Waals surface area contributed by atoms with Gasteiger partial charge < -0.3 is 30.1 Å². The van der Waals surface area contributed by atoms with E-state index >= 15 is 0 Å². The number of para-hydroxylation sites is 1. The maximum atomic E-state index is 14.5. The van der Waals surface area contributed by atoms with E-state index in [1.165, 1.54) is 4.90 Å². The van der Waals surface area contributed by atoms with Gasteiger partial charge in [0.25, 0.3) is 0 Å². The lowest BCUT2D eigenvalue weighted by Gasteiger charge is -2.37. The number of carbonyl (C=O) groups excluding carboxylic acids is 3. The number of rotatable bonds is 8. The van der Waals surface area contributed by atoms with Gasteiger partial charge in [0.1, 0.15) is 17.4 Å². The van der Waals surface area contributed by atoms with Crippen LogP contribution in [0.3, 0.4) is 0 Å². The van der Waals surface area contributed by atoms with Crippen LogP contribution < -0.4 is 15.4 Å². The Morgan fingerprint density at radius 3 is 2.20 bits per heavy atom. The molecule has 3 N–H and O–H groups in total. The third-order valence-corrected chi connectivity index (χ3v) is 8.84. The molecular formula is C32H33N3O6. The summed E-state index contributed by atoms with van der Waals surface area (Å²) in [6.07, 6.45) is 0.943. The smallest absolute Gasteiger partial charge is 0.250 e. The molecule has 41 heavy (non-hydrogen) atoms. The van der Waals surface area contributed by atoms with Gasteiger partial charge in [-0.1, -0.05) is 48.5 Å². The van der Waals surface area contributed by atoms with Crippen LogP contribution in [0.4, 0.5) is 11.4 Å². The molecule has 0 aromatic heterocycles. The summed E-state index contributed by atoms with van der Waals surface area (Å²) in [5, 5.41) is 16.5. The molecule has 2 unspecified atom stereocenters. The summed E-state index contributed by atoms with van der Waals surface area (Å²) in [6, 6.07) is 23.2. The predicted octanol–water partition coefficient (Wildman–Crippen LogP) is 3.77. The summed E-state index contributed by atoms with van der Waals surface area (Å²) in [7, 11) is 1.56. The van der Waals surface area contributed by atoms with Crippen molar-refractivity contribution in [3.05, 3.63) is 90.5 Å². The van der Waals surface area contributed by atoms with Crippen molar-refractivity contribution < 1.29 is 29.0 Å². The van der Waals surface area contributed by atoms with Gasteiger partial charge in [0.15, 0.2) is 0 Å². The number of aliphatic hydroxyl groups is 1. The topological polar surface area (TPSA) is 117 Å². The zero-order valence-electron chi connectivity index (χ0n) is 22.9. The fraction of sp³-hybridized carbons (Fsp3) is 0.344. The summed E-state index contributed by atoms with van der Waals surface area (Å²) in [6.45, 7) is 1.45. The zero-order chi connectivity index (χ0) is 28.8. The number of nitrogens with zero attached hydrogens (tertiary/aromatic N) is 1. The monoisotopic (exact) mass is 555 g/mol. The average Bonchev–Trinajstić information content (AvgIpc) is 3.56. The van der Waals surface area contributed by atoms with Crippen LogP contribution in [0.25, 0.3) is 0 Å². The summed E-state index contributed by atoms with van der Waals surface area (Å²) >= 11 is 0. The van der Waals surface area contributed by atoms with Crippen LogP contribution in [0, 0.1) is 11.8 Å². The van der Waals surface area contributed by atoms with Gasteiger partial charge in [-0.05, 0) is 61.7 Å². The molecule has 0 aliphatic carbocycles. The van der Waals surface area contributed by atoms with E-state index in [-0.39, 0.29) is 11.8 Å². The van der Waals surface area contributed by atoms with Gasteiger partial charge >= 0.3 is 0 Å². The SMILES string of the molecule is COc1ccc(NC(=O)C2N([C@H](CO)c3ccccc3)C(=O)[C@@H]3[C@H](C(=O)Nc4ccccc4)[C@]4(C)CCC23O4)cc1. The summed E-state index contributed by atoms with van der Waals surface area (Å²) in [5.41, 5.74) is -0.325. The van der Waals surface area contributed by atoms with Crippen LogP contribution >= 0.6 is 0 Å². The van der Waals surface area contributed by atoms with Crippen molar-refractivity contribution in [3.63, 3.8) is 0 Å². The first-order chi connectivity index (χ1) is 19.8. The Balaban J connectivity index is 1.41. The fourth-order valence-corrected chi connectivity index (χ4v) is 7.06. The van der Waals surface area contributed by atoms with Crippen LogP contribution in [0.1, 0.15) is 31.4 Å². The van der Waals surface area contributed by atoms with Crippen molar-refractivity contribution in [1.29, 1.82) is 0 Å². The number of anilines is 2. The number of ether oxygens (including phenoxy) is 2. The Labute approximate surface area is 238 Å². The number of benzene rings is 3. The first-order valence-electron chi connectivity index (χ1n) is 13.8. The molecular weight excluding hydrogens is 522 g/mol. The number of nitrogens with one attached hydrogen (secondary N) is 2. The molecule has 3 amide bonds. The molecule has 0 radical (unpaired) electrons. The molecule has 6 atom stereocenters. The molecule has 1 spiro atoms. The lowest BCUT2D eigenvalue weighted by Crippen LogP contribution is -2.54. The second kappa shape index (κ2) is 10.3. The lowest BCUT2D eigenvalue weighted by molar-refractivity contribution is -0.147. The maximum absolute atomic E-state index is 14.5. The van der Waals surface area contributed by atoms with Gasteiger partial charge in [0.05, 0.1) is 37.2 Å². The molecule has 0 saturated carbocycles. The van der Waals surface area contributed by atoms with Crippen molar-refractivity contribution in [2.45, 2.75) is 43.1 Å². The van der Waals surface area contributed by atoms with E-state index in [4.69, 9.17) is 9.47 Å². The number of hydrogen-bond acceptors (Lipinski definition) is 6. The van der Waals surface area contributed by atoms with Crippen molar-refractivity contribution in [2.24, 2.45) is 11.8 Å². The van der Waals surface area contributed by atoms with Gasteiger partial charge in [-0.25, -0.2) is 0 Å². The van der Waals surface area contributed by atoms with E-state index in [0.29, 0.717) is 35.5 Å². The predicted molar refractivity (Wildman–Crippen MR) is 152 cm³/mol. The highest BCUT2D eigenvalue weighted by Crippen LogP contribution is 2.64. The quantitative estimate of drug-likeness (QED) is 0.390. The van der Waals surface area contributed by atoms with E-state index in [2.05, 4.69) is 10.6 Å². The highest BCUT2D eigenvalue weighted by atomic mass is 16.5. The molecule has 3 aromatic carbocycles. The second-order valence-corrected chi connectivity index (χ2v) is 11.2. The average molecular weight is 556 g/mol. The Bertz CT molecular complexity index is 1450. The van der Waals surface area contributed by atoms with E-state index in [9.17, 15) is 19.5 Å². The molecule has 6 rings (SSSR count). The minimum atomic E-state index is -1.23. The highest BCUT2D eigenvalue weighted by Gasteiger charge is 2.78. The zero-order valence-corrected chi connectivity index (χ0v) is 22.9. The molecule has 2 bridgehead atoms. The third kappa shape index (κ3) is 4.36. The normalized spacial score (nSPS) is 28.7. The fourth-order valence-electron chi connectivity index (χ4n) is 7.06. The molecule has 3 heterocycles. The van der Waals surface area contributed by atoms with Crippen LogP contribution in [-0.2, 0) is 19.1 Å². The first kappa shape index (κ1) is 27.0. The van der Waals surface area contributed by atoms with E-state index < -0.39 is 47.6 Å². The minimum Gasteiger partial charge on any atom is -0.497 e. The summed E-state index contributed by atoms with van der Waals surface area (Å²) < 4.78 is 11.9. The molecule has 3 saturated heterocycles. The number of carbonyl (C=O) groups is 3. The third-order valence-electron chi connectivity index (χ3n) is 8.84. The maximum Gasteiger partial charge on any atom is 0.250 e. The van der Waals surface area contributed by atoms with Crippen molar-refractivity contribution in [3.8, 4) is 5.75 Å². The van der Waals surface area contributed by atoms with Gasteiger partial charge in [0.2, 0.25) is 17.7 Å². The highest BCUT2D eigenvalue weighted by molar-refractivity contribution is 6.05. The van der Waals surface area contributed by atoms with Gasteiger partial charge in [-0.3, -0.25) is 14.4 Å². The Hall–Kier alpha value is -4.21. The molecule has 3 fully saturated rings. The van der Waals surface area contributed by atoms with Crippen molar-refractivity contribution >= 4 is 29.1 Å². The first-order valence-corrected chi connectivity index (χ1v) is 13.8. The summed E-state index contributed by atoms with van der Waals surface area (Å²) in [4.78, 5) is 43.9. The number of fused-ring (bicyclic) bond motifs is 1.